The van der Waals surface area contributed by atoms with Crippen molar-refractivity contribution in [2.75, 3.05) is 6.61 Å². The first-order valence-corrected chi connectivity index (χ1v) is 5.14. The second-order valence-corrected chi connectivity index (χ2v) is 3.29. The molecule has 0 radical (unpaired) electrons. The molecule has 13 heavy (non-hydrogen) atoms. The number of carbonyl (C=O) groups is 1. The molecule has 1 amide bonds. The Bertz CT molecular complexity index is 137. The maximum atomic E-state index is 11.3. The Balaban J connectivity index is 3.60. The van der Waals surface area contributed by atoms with Crippen LogP contribution in [0, 0.1) is 0 Å². The van der Waals surface area contributed by atoms with E-state index in [1.165, 1.54) is 0 Å². The molecule has 0 aliphatic rings. The molecular formula is C10H21NO2. The normalized spacial score (nSPS) is 12.5. The minimum atomic E-state index is 0.113. The molecule has 1 atom stereocenters. The molecular weight excluding hydrogens is 166 g/mol. The topological polar surface area (TPSA) is 49.3 Å². The van der Waals surface area contributed by atoms with E-state index < -0.39 is 0 Å². The third-order valence-electron chi connectivity index (χ3n) is 2.09. The summed E-state index contributed by atoms with van der Waals surface area (Å²) < 4.78 is 0. The molecule has 0 aromatic carbocycles. The monoisotopic (exact) mass is 187 g/mol. The van der Waals surface area contributed by atoms with Crippen molar-refractivity contribution in [3.05, 3.63) is 0 Å². The van der Waals surface area contributed by atoms with E-state index >= 15 is 0 Å². The third-order valence-corrected chi connectivity index (χ3v) is 2.09. The number of unbranched alkanes of at least 4 members (excludes halogenated alkanes) is 1. The van der Waals surface area contributed by atoms with Gasteiger partial charge >= 0.3 is 0 Å². The molecule has 0 bridgehead atoms. The first-order valence-electron chi connectivity index (χ1n) is 5.14. The number of hydrogen-bond acceptors (Lipinski definition) is 2. The Kier molecular flexibility index (Phi) is 7.69. The summed E-state index contributed by atoms with van der Waals surface area (Å²) in [5.74, 6) is 0.113. The van der Waals surface area contributed by atoms with Crippen LogP contribution in [0.25, 0.3) is 0 Å². The molecule has 78 valence electrons. The van der Waals surface area contributed by atoms with Crippen molar-refractivity contribution in [2.24, 2.45) is 0 Å². The van der Waals surface area contributed by atoms with E-state index in [4.69, 9.17) is 5.11 Å². The van der Waals surface area contributed by atoms with Crippen LogP contribution in [0.3, 0.4) is 0 Å². The van der Waals surface area contributed by atoms with Gasteiger partial charge < -0.3 is 10.4 Å². The van der Waals surface area contributed by atoms with E-state index in [9.17, 15) is 4.79 Å². The predicted octanol–water partition coefficient (Wildman–Crippen LogP) is 1.45. The lowest BCUT2D eigenvalue weighted by Crippen LogP contribution is -2.34. The average molecular weight is 187 g/mol. The van der Waals surface area contributed by atoms with Gasteiger partial charge in [-0.3, -0.25) is 4.79 Å². The highest BCUT2D eigenvalue weighted by Crippen LogP contribution is 1.99. The summed E-state index contributed by atoms with van der Waals surface area (Å²) in [6, 6.07) is 0.148. The Labute approximate surface area is 80.5 Å². The van der Waals surface area contributed by atoms with Crippen LogP contribution in [0.4, 0.5) is 0 Å². The molecule has 0 rings (SSSR count). The van der Waals surface area contributed by atoms with Crippen molar-refractivity contribution in [1.82, 2.24) is 5.32 Å². The third kappa shape index (κ3) is 6.58. The first-order chi connectivity index (χ1) is 6.24. The Morgan fingerprint density at radius 1 is 1.46 bits per heavy atom. The van der Waals surface area contributed by atoms with Gasteiger partial charge in [0.25, 0.3) is 0 Å². The summed E-state index contributed by atoms with van der Waals surface area (Å²) in [6.45, 7) is 4.23. The average Bonchev–Trinajstić information content (AvgIpc) is 2.14. The van der Waals surface area contributed by atoms with Crippen LogP contribution in [0.1, 0.15) is 46.0 Å². The van der Waals surface area contributed by atoms with Gasteiger partial charge in [-0.05, 0) is 19.3 Å². The van der Waals surface area contributed by atoms with Crippen molar-refractivity contribution in [3.8, 4) is 0 Å². The summed E-state index contributed by atoms with van der Waals surface area (Å²) in [4.78, 5) is 11.3. The number of aliphatic hydroxyl groups is 1. The van der Waals surface area contributed by atoms with Crippen LogP contribution in [0.15, 0.2) is 0 Å². The van der Waals surface area contributed by atoms with E-state index in [-0.39, 0.29) is 18.6 Å². The number of hydrogen-bond donors (Lipinski definition) is 2. The van der Waals surface area contributed by atoms with Crippen molar-refractivity contribution in [2.45, 2.75) is 52.0 Å². The zero-order chi connectivity index (χ0) is 10.1. The summed E-state index contributed by atoms with van der Waals surface area (Å²) >= 11 is 0. The Morgan fingerprint density at radius 3 is 2.62 bits per heavy atom. The van der Waals surface area contributed by atoms with Crippen LogP contribution in [0.2, 0.25) is 0 Å². The molecule has 0 fully saturated rings. The van der Waals surface area contributed by atoms with Gasteiger partial charge in [0.15, 0.2) is 0 Å². The van der Waals surface area contributed by atoms with Gasteiger partial charge in [-0.2, -0.15) is 0 Å². The molecule has 1 unspecified atom stereocenters. The van der Waals surface area contributed by atoms with Crippen molar-refractivity contribution >= 4 is 5.91 Å². The zero-order valence-electron chi connectivity index (χ0n) is 8.68. The molecule has 0 spiro atoms. The standard InChI is InChI=1S/C10H21NO2/c1-3-5-6-10(13)11-9(4-2)7-8-12/h9,12H,3-8H2,1-2H3,(H,11,13). The van der Waals surface area contributed by atoms with Crippen LogP contribution in [-0.4, -0.2) is 23.7 Å². The molecule has 0 aliphatic heterocycles. The number of aliphatic hydroxyl groups excluding tert-OH is 1. The molecule has 3 nitrogen and oxygen atoms in total. The van der Waals surface area contributed by atoms with Crippen molar-refractivity contribution < 1.29 is 9.90 Å². The Morgan fingerprint density at radius 2 is 2.15 bits per heavy atom. The summed E-state index contributed by atoms with van der Waals surface area (Å²) in [7, 11) is 0. The van der Waals surface area contributed by atoms with E-state index in [0.717, 1.165) is 19.3 Å². The summed E-state index contributed by atoms with van der Waals surface area (Å²) in [6.07, 6.45) is 4.15. The fourth-order valence-electron chi connectivity index (χ4n) is 1.17. The van der Waals surface area contributed by atoms with Gasteiger partial charge in [0, 0.05) is 19.1 Å². The quantitative estimate of drug-likeness (QED) is 0.634. The molecule has 0 saturated carbocycles. The number of rotatable bonds is 7. The van der Waals surface area contributed by atoms with Gasteiger partial charge in [-0.1, -0.05) is 20.3 Å². The van der Waals surface area contributed by atoms with Crippen LogP contribution >= 0.6 is 0 Å². The lowest BCUT2D eigenvalue weighted by molar-refractivity contribution is -0.122. The van der Waals surface area contributed by atoms with Crippen LogP contribution in [-0.2, 0) is 4.79 Å². The fraction of sp³-hybridized carbons (Fsp3) is 0.900. The molecule has 0 aromatic heterocycles. The van der Waals surface area contributed by atoms with Crippen molar-refractivity contribution in [3.63, 3.8) is 0 Å². The fourth-order valence-corrected chi connectivity index (χ4v) is 1.17. The van der Waals surface area contributed by atoms with Gasteiger partial charge in [-0.25, -0.2) is 0 Å². The van der Waals surface area contributed by atoms with Gasteiger partial charge in [0.2, 0.25) is 5.91 Å². The summed E-state index contributed by atoms with van der Waals surface area (Å²) in [5.41, 5.74) is 0. The SMILES string of the molecule is CCCCC(=O)NC(CC)CCO. The highest BCUT2D eigenvalue weighted by molar-refractivity contribution is 5.76. The number of nitrogens with one attached hydrogen (secondary N) is 1. The van der Waals surface area contributed by atoms with Crippen LogP contribution in [0.5, 0.6) is 0 Å². The number of amides is 1. The largest absolute Gasteiger partial charge is 0.396 e. The van der Waals surface area contributed by atoms with Gasteiger partial charge in [-0.15, -0.1) is 0 Å². The lowest BCUT2D eigenvalue weighted by atomic mass is 10.1. The molecule has 0 aliphatic carbocycles. The van der Waals surface area contributed by atoms with E-state index in [2.05, 4.69) is 12.2 Å². The minimum Gasteiger partial charge on any atom is -0.396 e. The second kappa shape index (κ2) is 8.05. The summed E-state index contributed by atoms with van der Waals surface area (Å²) in [5, 5.41) is 11.6. The van der Waals surface area contributed by atoms with E-state index in [0.29, 0.717) is 12.8 Å². The van der Waals surface area contributed by atoms with Gasteiger partial charge in [0.05, 0.1) is 0 Å². The second-order valence-electron chi connectivity index (χ2n) is 3.29. The molecule has 0 aromatic rings. The maximum absolute atomic E-state index is 11.3. The highest BCUT2D eigenvalue weighted by atomic mass is 16.3. The smallest absolute Gasteiger partial charge is 0.220 e. The highest BCUT2D eigenvalue weighted by Gasteiger charge is 2.08. The minimum absolute atomic E-state index is 0.113. The molecule has 2 N–H and O–H groups in total. The van der Waals surface area contributed by atoms with Crippen molar-refractivity contribution in [1.29, 1.82) is 0 Å². The van der Waals surface area contributed by atoms with Gasteiger partial charge in [0.1, 0.15) is 0 Å². The number of carbonyl (C=O) groups excluding carboxylic acids is 1. The van der Waals surface area contributed by atoms with Crippen LogP contribution < -0.4 is 5.32 Å². The lowest BCUT2D eigenvalue weighted by Gasteiger charge is -2.15. The first kappa shape index (κ1) is 12.4. The zero-order valence-corrected chi connectivity index (χ0v) is 8.68. The molecule has 0 heterocycles. The molecule has 0 saturated heterocycles. The Hall–Kier alpha value is -0.570. The molecule has 3 heteroatoms. The predicted molar refractivity (Wildman–Crippen MR) is 53.4 cm³/mol. The maximum Gasteiger partial charge on any atom is 0.220 e. The van der Waals surface area contributed by atoms with E-state index in [1.807, 2.05) is 6.92 Å². The van der Waals surface area contributed by atoms with E-state index in [1.54, 1.807) is 0 Å².